The molecule has 3 aromatic rings. The highest BCUT2D eigenvalue weighted by atomic mass is 32.1. The lowest BCUT2D eigenvalue weighted by Crippen LogP contribution is -2.37. The van der Waals surface area contributed by atoms with Gasteiger partial charge in [0.15, 0.2) is 11.5 Å². The molecule has 1 amide bonds. The number of hydrogen-bond donors (Lipinski definition) is 0. The maximum atomic E-state index is 13.0. The molecule has 1 aliphatic heterocycles. The Morgan fingerprint density at radius 2 is 1.97 bits per heavy atom. The van der Waals surface area contributed by atoms with Crippen molar-refractivity contribution in [3.05, 3.63) is 57.9 Å². The number of ether oxygens (including phenoxy) is 2. The number of carbonyl (C=O) groups excluding carboxylic acids is 1. The van der Waals surface area contributed by atoms with Crippen molar-refractivity contribution < 1.29 is 14.3 Å². The van der Waals surface area contributed by atoms with Gasteiger partial charge in [0.25, 0.3) is 0 Å². The molecule has 4 rings (SSSR count). The molecule has 31 heavy (non-hydrogen) atoms. The molecule has 2 heterocycles. The summed E-state index contributed by atoms with van der Waals surface area (Å²) in [5, 5.41) is 3.14. The number of thiazole rings is 1. The number of rotatable bonds is 7. The number of hydrogen-bond acceptors (Lipinski definition) is 6. The van der Waals surface area contributed by atoms with Crippen LogP contribution in [0.4, 0.5) is 5.69 Å². The Morgan fingerprint density at radius 3 is 2.68 bits per heavy atom. The van der Waals surface area contributed by atoms with E-state index in [0.29, 0.717) is 24.6 Å². The van der Waals surface area contributed by atoms with Crippen molar-refractivity contribution in [1.29, 1.82) is 0 Å². The van der Waals surface area contributed by atoms with Gasteiger partial charge in [-0.3, -0.25) is 9.69 Å². The fraction of sp³-hybridized carbons (Fsp3) is 0.333. The van der Waals surface area contributed by atoms with Crippen molar-refractivity contribution in [2.45, 2.75) is 19.9 Å². The summed E-state index contributed by atoms with van der Waals surface area (Å²) < 4.78 is 10.7. The van der Waals surface area contributed by atoms with Gasteiger partial charge in [-0.1, -0.05) is 12.1 Å². The molecule has 162 valence electrons. The number of benzene rings is 2. The molecule has 0 saturated carbocycles. The minimum absolute atomic E-state index is 0.110. The van der Waals surface area contributed by atoms with E-state index < -0.39 is 0 Å². The first-order valence-electron chi connectivity index (χ1n) is 10.2. The van der Waals surface area contributed by atoms with Crippen molar-refractivity contribution >= 4 is 22.9 Å². The predicted molar refractivity (Wildman–Crippen MR) is 124 cm³/mol. The minimum atomic E-state index is 0.110. The summed E-state index contributed by atoms with van der Waals surface area (Å²) >= 11 is 1.65. The molecule has 1 aliphatic rings. The van der Waals surface area contributed by atoms with Crippen molar-refractivity contribution in [2.75, 3.05) is 39.3 Å². The molecule has 0 atom stereocenters. The van der Waals surface area contributed by atoms with E-state index in [1.54, 1.807) is 25.6 Å². The maximum absolute atomic E-state index is 13.0. The van der Waals surface area contributed by atoms with E-state index in [1.165, 1.54) is 5.56 Å². The van der Waals surface area contributed by atoms with Gasteiger partial charge < -0.3 is 14.4 Å². The number of amides is 1. The second kappa shape index (κ2) is 9.08. The largest absolute Gasteiger partial charge is 0.493 e. The van der Waals surface area contributed by atoms with E-state index in [0.717, 1.165) is 40.5 Å². The summed E-state index contributed by atoms with van der Waals surface area (Å²) in [6, 6.07) is 12.1. The Labute approximate surface area is 187 Å². The lowest BCUT2D eigenvalue weighted by atomic mass is 10.1. The third-order valence-electron chi connectivity index (χ3n) is 5.50. The van der Waals surface area contributed by atoms with Gasteiger partial charge in [0.1, 0.15) is 0 Å². The van der Waals surface area contributed by atoms with Gasteiger partial charge in [-0.05, 0) is 55.8 Å². The molecule has 2 aromatic carbocycles. The van der Waals surface area contributed by atoms with E-state index in [9.17, 15) is 4.79 Å². The zero-order chi connectivity index (χ0) is 22.0. The van der Waals surface area contributed by atoms with E-state index in [1.807, 2.05) is 42.0 Å². The molecule has 0 bridgehead atoms. The Kier molecular flexibility index (Phi) is 6.25. The van der Waals surface area contributed by atoms with E-state index in [2.05, 4.69) is 28.6 Å². The van der Waals surface area contributed by atoms with Gasteiger partial charge in [-0.15, -0.1) is 11.3 Å². The first-order valence-corrected chi connectivity index (χ1v) is 11.1. The van der Waals surface area contributed by atoms with Crippen LogP contribution in [0.25, 0.3) is 11.3 Å². The van der Waals surface area contributed by atoms with Crippen LogP contribution in [0.5, 0.6) is 11.5 Å². The third kappa shape index (κ3) is 4.57. The van der Waals surface area contributed by atoms with Crippen LogP contribution in [0.2, 0.25) is 0 Å². The molecule has 0 unspecified atom stereocenters. The lowest BCUT2D eigenvalue weighted by molar-refractivity contribution is -0.119. The third-order valence-corrected chi connectivity index (χ3v) is 6.27. The van der Waals surface area contributed by atoms with Gasteiger partial charge in [-0.2, -0.15) is 0 Å². The van der Waals surface area contributed by atoms with Gasteiger partial charge >= 0.3 is 0 Å². The van der Waals surface area contributed by atoms with Crippen LogP contribution in [-0.2, 0) is 17.8 Å². The van der Waals surface area contributed by atoms with E-state index in [4.69, 9.17) is 9.47 Å². The SMILES string of the molecule is COc1ccc(CN(C)CC(=O)N2CCc3cc(-c4csc(C)n4)ccc32)cc1OC. The second-order valence-corrected chi connectivity index (χ2v) is 8.81. The highest BCUT2D eigenvalue weighted by Gasteiger charge is 2.26. The van der Waals surface area contributed by atoms with Gasteiger partial charge in [0, 0.05) is 29.7 Å². The van der Waals surface area contributed by atoms with Crippen molar-refractivity contribution in [1.82, 2.24) is 9.88 Å². The van der Waals surface area contributed by atoms with Crippen LogP contribution in [0.15, 0.2) is 41.8 Å². The minimum Gasteiger partial charge on any atom is -0.493 e. The van der Waals surface area contributed by atoms with Crippen LogP contribution in [0.3, 0.4) is 0 Å². The molecule has 0 saturated heterocycles. The first kappa shape index (κ1) is 21.3. The molecule has 0 fully saturated rings. The van der Waals surface area contributed by atoms with Crippen molar-refractivity contribution in [3.63, 3.8) is 0 Å². The zero-order valence-electron chi connectivity index (χ0n) is 18.3. The Hall–Kier alpha value is -2.90. The van der Waals surface area contributed by atoms with E-state index in [-0.39, 0.29) is 5.91 Å². The second-order valence-electron chi connectivity index (χ2n) is 7.75. The highest BCUT2D eigenvalue weighted by Crippen LogP contribution is 2.33. The van der Waals surface area contributed by atoms with Crippen LogP contribution >= 0.6 is 11.3 Å². The predicted octanol–water partition coefficient (Wildman–Crippen LogP) is 4.16. The van der Waals surface area contributed by atoms with Crippen LogP contribution < -0.4 is 14.4 Å². The summed E-state index contributed by atoms with van der Waals surface area (Å²) in [5.74, 6) is 1.50. The molecule has 7 heteroatoms. The Bertz CT molecular complexity index is 1100. The molecule has 6 nitrogen and oxygen atoms in total. The number of aryl methyl sites for hydroxylation is 1. The van der Waals surface area contributed by atoms with E-state index >= 15 is 0 Å². The Morgan fingerprint density at radius 1 is 1.16 bits per heavy atom. The summed E-state index contributed by atoms with van der Waals surface area (Å²) in [5.41, 5.74) is 5.41. The number of nitrogens with zero attached hydrogens (tertiary/aromatic N) is 3. The van der Waals surface area contributed by atoms with Crippen LogP contribution in [0, 0.1) is 6.92 Å². The van der Waals surface area contributed by atoms with Gasteiger partial charge in [0.2, 0.25) is 5.91 Å². The van der Waals surface area contributed by atoms with Crippen molar-refractivity contribution in [3.8, 4) is 22.8 Å². The van der Waals surface area contributed by atoms with Crippen LogP contribution in [-0.4, -0.2) is 50.1 Å². The highest BCUT2D eigenvalue weighted by molar-refractivity contribution is 7.09. The topological polar surface area (TPSA) is 54.9 Å². The summed E-state index contributed by atoms with van der Waals surface area (Å²) in [6.07, 6.45) is 0.872. The first-order chi connectivity index (χ1) is 15.0. The normalized spacial score (nSPS) is 12.9. The van der Waals surface area contributed by atoms with Crippen molar-refractivity contribution in [2.24, 2.45) is 0 Å². The average molecular weight is 438 g/mol. The Balaban J connectivity index is 1.42. The quantitative estimate of drug-likeness (QED) is 0.556. The number of methoxy groups -OCH3 is 2. The molecule has 0 radical (unpaired) electrons. The molecular formula is C24H27N3O3S. The van der Waals surface area contributed by atoms with Gasteiger partial charge in [-0.25, -0.2) is 4.98 Å². The number of anilines is 1. The average Bonchev–Trinajstić information content (AvgIpc) is 3.39. The molecule has 0 aliphatic carbocycles. The molecule has 0 N–H and O–H groups in total. The van der Waals surface area contributed by atoms with Gasteiger partial charge in [0.05, 0.1) is 31.5 Å². The number of fused-ring (bicyclic) bond motifs is 1. The lowest BCUT2D eigenvalue weighted by Gasteiger charge is -2.22. The molecule has 1 aromatic heterocycles. The number of carbonyl (C=O) groups is 1. The smallest absolute Gasteiger partial charge is 0.241 e. The number of likely N-dealkylation sites (N-methyl/N-ethyl adjacent to an activating group) is 1. The fourth-order valence-corrected chi connectivity index (χ4v) is 4.60. The summed E-state index contributed by atoms with van der Waals surface area (Å²) in [6.45, 7) is 3.73. The molecule has 0 spiro atoms. The summed E-state index contributed by atoms with van der Waals surface area (Å²) in [7, 11) is 5.21. The standard InChI is InChI=1S/C24H27N3O3S/c1-16-25-20(15-31-16)18-6-7-21-19(12-18)9-10-27(21)24(28)14-26(2)13-17-5-8-22(29-3)23(11-17)30-4/h5-8,11-12,15H,9-10,13-14H2,1-4H3. The fourth-order valence-electron chi connectivity index (χ4n) is 3.98. The zero-order valence-corrected chi connectivity index (χ0v) is 19.2. The summed E-state index contributed by atoms with van der Waals surface area (Å²) in [4.78, 5) is 21.5. The number of aromatic nitrogens is 1. The van der Waals surface area contributed by atoms with Crippen LogP contribution in [0.1, 0.15) is 16.1 Å². The monoisotopic (exact) mass is 437 g/mol. The molecular weight excluding hydrogens is 410 g/mol. The maximum Gasteiger partial charge on any atom is 0.241 e.